The Morgan fingerprint density at radius 2 is 1.91 bits per heavy atom. The van der Waals surface area contributed by atoms with Crippen molar-refractivity contribution < 1.29 is 14.3 Å². The number of nitrogens with zero attached hydrogens (tertiary/aromatic N) is 1. The third kappa shape index (κ3) is 4.78. The Hall–Kier alpha value is -2.53. The van der Waals surface area contributed by atoms with Gasteiger partial charge in [0.15, 0.2) is 0 Å². The second kappa shape index (κ2) is 9.95. The first-order valence-electron chi connectivity index (χ1n) is 11.5. The lowest BCUT2D eigenvalue weighted by molar-refractivity contribution is -0.133. The van der Waals surface area contributed by atoms with Gasteiger partial charge in [-0.1, -0.05) is 38.0 Å². The number of hydrogen-bond donors (Lipinski definition) is 1. The quantitative estimate of drug-likeness (QED) is 0.579. The van der Waals surface area contributed by atoms with E-state index in [1.807, 2.05) is 35.2 Å². The highest BCUT2D eigenvalue weighted by Crippen LogP contribution is 2.40. The molecule has 170 valence electrons. The highest BCUT2D eigenvalue weighted by atomic mass is 35.5. The van der Waals surface area contributed by atoms with Gasteiger partial charge in [-0.2, -0.15) is 0 Å². The molecular formula is C26H31ClN2O3. The third-order valence-electron chi connectivity index (χ3n) is 6.47. The Morgan fingerprint density at radius 1 is 1.16 bits per heavy atom. The summed E-state index contributed by atoms with van der Waals surface area (Å²) in [7, 11) is 1.67. The first-order valence-corrected chi connectivity index (χ1v) is 12.0. The van der Waals surface area contributed by atoms with Gasteiger partial charge in [0.25, 0.3) is 5.91 Å². The smallest absolute Gasteiger partial charge is 0.251 e. The molecule has 32 heavy (non-hydrogen) atoms. The third-order valence-corrected chi connectivity index (χ3v) is 6.69. The maximum Gasteiger partial charge on any atom is 0.251 e. The van der Waals surface area contributed by atoms with Crippen molar-refractivity contribution in [3.8, 4) is 5.75 Å². The molecule has 1 heterocycles. The molecule has 0 radical (unpaired) electrons. The SMILES string of the molecule is CCCC[C@H]1Cc2cc(OC)ccc2[C@H](c2ccc(C(=O)NC3CC3)cc2)N1C(=O)CCl. The Kier molecular flexibility index (Phi) is 7.04. The van der Waals surface area contributed by atoms with E-state index >= 15 is 0 Å². The monoisotopic (exact) mass is 454 g/mol. The van der Waals surface area contributed by atoms with Crippen LogP contribution in [0.1, 0.15) is 72.1 Å². The molecule has 2 aromatic rings. The van der Waals surface area contributed by atoms with Gasteiger partial charge in [-0.05, 0) is 66.6 Å². The van der Waals surface area contributed by atoms with Crippen LogP contribution in [0.3, 0.4) is 0 Å². The second-order valence-electron chi connectivity index (χ2n) is 8.77. The van der Waals surface area contributed by atoms with Crippen LogP contribution in [0.25, 0.3) is 0 Å². The number of methoxy groups -OCH3 is 1. The summed E-state index contributed by atoms with van der Waals surface area (Å²) in [5.41, 5.74) is 3.92. The Balaban J connectivity index is 1.73. The molecular weight excluding hydrogens is 424 g/mol. The van der Waals surface area contributed by atoms with Crippen LogP contribution in [0.4, 0.5) is 0 Å². The Labute approximate surface area is 195 Å². The highest BCUT2D eigenvalue weighted by molar-refractivity contribution is 6.27. The summed E-state index contributed by atoms with van der Waals surface area (Å²) in [5.74, 6) is 0.671. The van der Waals surface area contributed by atoms with Gasteiger partial charge in [0, 0.05) is 17.6 Å². The average molecular weight is 455 g/mol. The van der Waals surface area contributed by atoms with Crippen molar-refractivity contribution in [1.82, 2.24) is 10.2 Å². The number of hydrogen-bond acceptors (Lipinski definition) is 3. The molecule has 1 fully saturated rings. The van der Waals surface area contributed by atoms with E-state index < -0.39 is 0 Å². The van der Waals surface area contributed by atoms with Crippen molar-refractivity contribution in [1.29, 1.82) is 0 Å². The number of carbonyl (C=O) groups is 2. The average Bonchev–Trinajstić information content (AvgIpc) is 3.64. The number of unbranched alkanes of at least 4 members (excludes halogenated alkanes) is 1. The number of nitrogens with one attached hydrogen (secondary N) is 1. The van der Waals surface area contributed by atoms with E-state index in [4.69, 9.17) is 16.3 Å². The molecule has 2 aliphatic rings. The number of carbonyl (C=O) groups excluding carboxylic acids is 2. The molecule has 0 unspecified atom stereocenters. The van der Waals surface area contributed by atoms with Crippen molar-refractivity contribution >= 4 is 23.4 Å². The fraction of sp³-hybridized carbons (Fsp3) is 0.462. The zero-order chi connectivity index (χ0) is 22.7. The number of halogens is 1. The van der Waals surface area contributed by atoms with Crippen LogP contribution in [-0.2, 0) is 11.2 Å². The number of alkyl halides is 1. The van der Waals surface area contributed by atoms with E-state index in [2.05, 4.69) is 24.4 Å². The molecule has 1 aliphatic heterocycles. The van der Waals surface area contributed by atoms with E-state index in [1.165, 1.54) is 5.56 Å². The van der Waals surface area contributed by atoms with Crippen molar-refractivity contribution in [2.45, 2.75) is 63.6 Å². The molecule has 1 N–H and O–H groups in total. The standard InChI is InChI=1S/C26H31ClN2O3/c1-3-4-5-21-14-19-15-22(32-2)12-13-23(19)25(29(21)24(30)16-27)17-6-8-18(9-7-17)26(31)28-20-10-11-20/h6-9,12-13,15,20-21,25H,3-5,10-11,14,16H2,1-2H3,(H,28,31)/t21-,25-/m0/s1. The van der Waals surface area contributed by atoms with Crippen molar-refractivity contribution in [2.24, 2.45) is 0 Å². The summed E-state index contributed by atoms with van der Waals surface area (Å²) in [4.78, 5) is 27.5. The minimum atomic E-state index is -0.238. The summed E-state index contributed by atoms with van der Waals surface area (Å²) >= 11 is 6.07. The summed E-state index contributed by atoms with van der Waals surface area (Å²) in [6.07, 6.45) is 5.94. The van der Waals surface area contributed by atoms with Gasteiger partial charge in [-0.15, -0.1) is 11.6 Å². The number of benzene rings is 2. The lowest BCUT2D eigenvalue weighted by Gasteiger charge is -2.44. The van der Waals surface area contributed by atoms with Crippen LogP contribution in [0.15, 0.2) is 42.5 Å². The zero-order valence-electron chi connectivity index (χ0n) is 18.8. The Morgan fingerprint density at radius 3 is 2.53 bits per heavy atom. The normalized spacial score (nSPS) is 19.9. The number of ether oxygens (including phenoxy) is 1. The molecule has 0 spiro atoms. The summed E-state index contributed by atoms with van der Waals surface area (Å²) < 4.78 is 5.47. The van der Waals surface area contributed by atoms with E-state index in [1.54, 1.807) is 7.11 Å². The summed E-state index contributed by atoms with van der Waals surface area (Å²) in [6.45, 7) is 2.16. The van der Waals surface area contributed by atoms with Gasteiger partial charge >= 0.3 is 0 Å². The van der Waals surface area contributed by atoms with Crippen LogP contribution in [0, 0.1) is 0 Å². The van der Waals surface area contributed by atoms with Gasteiger partial charge < -0.3 is 15.0 Å². The Bertz CT molecular complexity index is 972. The van der Waals surface area contributed by atoms with Crippen LogP contribution in [-0.4, -0.2) is 41.8 Å². The van der Waals surface area contributed by atoms with E-state index in [0.717, 1.165) is 55.4 Å². The van der Waals surface area contributed by atoms with Crippen molar-refractivity contribution in [2.75, 3.05) is 13.0 Å². The zero-order valence-corrected chi connectivity index (χ0v) is 19.5. The second-order valence-corrected chi connectivity index (χ2v) is 9.04. The maximum atomic E-state index is 13.1. The molecule has 1 saturated carbocycles. The molecule has 6 heteroatoms. The van der Waals surface area contributed by atoms with E-state index in [0.29, 0.717) is 11.6 Å². The molecule has 0 saturated heterocycles. The topological polar surface area (TPSA) is 58.6 Å². The lowest BCUT2D eigenvalue weighted by Crippen LogP contribution is -2.48. The first kappa shape index (κ1) is 22.7. The van der Waals surface area contributed by atoms with E-state index in [-0.39, 0.29) is 29.8 Å². The molecule has 2 atom stereocenters. The summed E-state index contributed by atoms with van der Waals surface area (Å²) in [6, 6.07) is 13.9. The fourth-order valence-corrected chi connectivity index (χ4v) is 4.75. The number of amides is 2. The van der Waals surface area contributed by atoms with Gasteiger partial charge in [0.1, 0.15) is 11.6 Å². The van der Waals surface area contributed by atoms with Crippen LogP contribution >= 0.6 is 11.6 Å². The van der Waals surface area contributed by atoms with Gasteiger partial charge in [0.05, 0.1) is 13.2 Å². The molecule has 0 aromatic heterocycles. The van der Waals surface area contributed by atoms with Crippen LogP contribution in [0.2, 0.25) is 0 Å². The molecule has 4 rings (SSSR count). The lowest BCUT2D eigenvalue weighted by atomic mass is 9.83. The van der Waals surface area contributed by atoms with Gasteiger partial charge in [-0.25, -0.2) is 0 Å². The summed E-state index contributed by atoms with van der Waals surface area (Å²) in [5, 5.41) is 3.03. The molecule has 2 aromatic carbocycles. The van der Waals surface area contributed by atoms with Crippen molar-refractivity contribution in [3.05, 3.63) is 64.7 Å². The highest BCUT2D eigenvalue weighted by Gasteiger charge is 2.38. The predicted octanol–water partition coefficient (Wildman–Crippen LogP) is 4.86. The minimum absolute atomic E-state index is 0.0395. The van der Waals surface area contributed by atoms with E-state index in [9.17, 15) is 9.59 Å². The largest absolute Gasteiger partial charge is 0.497 e. The van der Waals surface area contributed by atoms with Crippen molar-refractivity contribution in [3.63, 3.8) is 0 Å². The number of fused-ring (bicyclic) bond motifs is 1. The number of rotatable bonds is 8. The van der Waals surface area contributed by atoms with Crippen LogP contribution < -0.4 is 10.1 Å². The first-order chi connectivity index (χ1) is 15.5. The minimum Gasteiger partial charge on any atom is -0.497 e. The predicted molar refractivity (Wildman–Crippen MR) is 126 cm³/mol. The molecule has 0 bridgehead atoms. The van der Waals surface area contributed by atoms with Gasteiger partial charge in [-0.3, -0.25) is 9.59 Å². The molecule has 2 amide bonds. The maximum absolute atomic E-state index is 13.1. The fourth-order valence-electron chi connectivity index (χ4n) is 4.62. The molecule has 1 aliphatic carbocycles. The van der Waals surface area contributed by atoms with Gasteiger partial charge in [0.2, 0.25) is 5.91 Å². The van der Waals surface area contributed by atoms with Crippen LogP contribution in [0.5, 0.6) is 5.75 Å². The molecule has 5 nitrogen and oxygen atoms in total.